The van der Waals surface area contributed by atoms with Gasteiger partial charge in [-0.15, -0.1) is 0 Å². The van der Waals surface area contributed by atoms with Crippen LogP contribution in [0.4, 0.5) is 0 Å². The van der Waals surface area contributed by atoms with Gasteiger partial charge in [-0.1, -0.05) is 13.3 Å². The Balaban J connectivity index is 1.72. The number of rotatable bonds is 7. The summed E-state index contributed by atoms with van der Waals surface area (Å²) >= 11 is 0. The Morgan fingerprint density at radius 2 is 2.17 bits per heavy atom. The quantitative estimate of drug-likeness (QED) is 0.723. The minimum absolute atomic E-state index is 0.117. The highest BCUT2D eigenvalue weighted by Gasteiger charge is 2.58. The average molecular weight is 254 g/mol. The van der Waals surface area contributed by atoms with Gasteiger partial charge < -0.3 is 15.4 Å². The molecule has 0 aromatic carbocycles. The smallest absolute Gasteiger partial charge is 0.233 e. The van der Waals surface area contributed by atoms with Crippen molar-refractivity contribution >= 4 is 5.91 Å². The first-order valence-electron chi connectivity index (χ1n) is 7.34. The second-order valence-electron chi connectivity index (χ2n) is 5.55. The summed E-state index contributed by atoms with van der Waals surface area (Å²) in [5, 5.41) is 6.32. The minimum Gasteiger partial charge on any atom is -0.378 e. The Bertz CT molecular complexity index is 290. The lowest BCUT2D eigenvalue weighted by molar-refractivity contribution is -0.173. The highest BCUT2D eigenvalue weighted by Crippen LogP contribution is 2.57. The molecular weight excluding hydrogens is 228 g/mol. The van der Waals surface area contributed by atoms with Gasteiger partial charge in [0, 0.05) is 24.6 Å². The summed E-state index contributed by atoms with van der Waals surface area (Å²) < 4.78 is 5.80. The van der Waals surface area contributed by atoms with Crippen LogP contribution in [0.5, 0.6) is 0 Å². The summed E-state index contributed by atoms with van der Waals surface area (Å²) in [5.41, 5.74) is 0.348. The molecule has 0 bridgehead atoms. The van der Waals surface area contributed by atoms with Gasteiger partial charge in [0.1, 0.15) is 0 Å². The van der Waals surface area contributed by atoms with Gasteiger partial charge in [-0.25, -0.2) is 0 Å². The maximum absolute atomic E-state index is 11.6. The highest BCUT2D eigenvalue weighted by molar-refractivity contribution is 5.78. The van der Waals surface area contributed by atoms with E-state index >= 15 is 0 Å². The van der Waals surface area contributed by atoms with Crippen LogP contribution < -0.4 is 10.6 Å². The summed E-state index contributed by atoms with van der Waals surface area (Å²) in [7, 11) is 0. The maximum atomic E-state index is 11.6. The Morgan fingerprint density at radius 3 is 2.72 bits per heavy atom. The maximum Gasteiger partial charge on any atom is 0.233 e. The third-order valence-electron chi connectivity index (χ3n) is 4.52. The Morgan fingerprint density at radius 1 is 1.39 bits per heavy atom. The lowest BCUT2D eigenvalue weighted by atomic mass is 9.51. The van der Waals surface area contributed by atoms with E-state index in [1.807, 2.05) is 0 Å². The first-order valence-corrected chi connectivity index (χ1v) is 7.34. The molecule has 104 valence electrons. The van der Waals surface area contributed by atoms with Crippen molar-refractivity contribution in [2.24, 2.45) is 5.41 Å². The first kappa shape index (κ1) is 13.8. The number of ether oxygens (including phenoxy) is 1. The monoisotopic (exact) mass is 254 g/mol. The fraction of sp³-hybridized carbons (Fsp3) is 0.929. The van der Waals surface area contributed by atoms with E-state index in [-0.39, 0.29) is 5.91 Å². The Hall–Kier alpha value is -0.610. The van der Waals surface area contributed by atoms with Crippen molar-refractivity contribution < 1.29 is 9.53 Å². The number of carbonyl (C=O) groups is 1. The average Bonchev–Trinajstić information content (AvgIpc) is 2.28. The van der Waals surface area contributed by atoms with E-state index in [9.17, 15) is 4.79 Å². The van der Waals surface area contributed by atoms with Gasteiger partial charge >= 0.3 is 0 Å². The predicted octanol–water partition coefficient (Wildman–Crippen LogP) is 1.45. The van der Waals surface area contributed by atoms with E-state index < -0.39 is 0 Å². The van der Waals surface area contributed by atoms with Crippen molar-refractivity contribution in [3.05, 3.63) is 0 Å². The zero-order valence-corrected chi connectivity index (χ0v) is 11.6. The van der Waals surface area contributed by atoms with Gasteiger partial charge in [0.2, 0.25) is 5.91 Å². The molecule has 0 aliphatic heterocycles. The Labute approximate surface area is 110 Å². The summed E-state index contributed by atoms with van der Waals surface area (Å²) in [6.07, 6.45) is 6.30. The third-order valence-corrected chi connectivity index (χ3v) is 4.52. The predicted molar refractivity (Wildman–Crippen MR) is 71.4 cm³/mol. The van der Waals surface area contributed by atoms with Gasteiger partial charge in [0.15, 0.2) is 0 Å². The molecule has 2 aliphatic carbocycles. The molecular formula is C14H26N2O2. The van der Waals surface area contributed by atoms with Crippen molar-refractivity contribution in [2.45, 2.75) is 58.1 Å². The van der Waals surface area contributed by atoms with Crippen molar-refractivity contribution in [3.8, 4) is 0 Å². The molecule has 2 N–H and O–H groups in total. The summed E-state index contributed by atoms with van der Waals surface area (Å²) in [6, 6.07) is 0.482. The first-order chi connectivity index (χ1) is 8.73. The van der Waals surface area contributed by atoms with Crippen LogP contribution in [0.1, 0.15) is 46.0 Å². The van der Waals surface area contributed by atoms with Crippen molar-refractivity contribution in [3.63, 3.8) is 0 Å². The zero-order valence-electron chi connectivity index (χ0n) is 11.6. The molecule has 4 heteroatoms. The van der Waals surface area contributed by atoms with E-state index in [2.05, 4.69) is 24.5 Å². The minimum atomic E-state index is 0.117. The van der Waals surface area contributed by atoms with Crippen molar-refractivity contribution in [1.82, 2.24) is 10.6 Å². The SMILES string of the molecule is CCCNC(=O)CNC1CC(OCC)C12CCC2. The molecule has 2 rings (SSSR count). The molecule has 4 nitrogen and oxygen atoms in total. The van der Waals surface area contributed by atoms with Gasteiger partial charge in [0.05, 0.1) is 12.6 Å². The molecule has 0 saturated heterocycles. The van der Waals surface area contributed by atoms with Crippen LogP contribution in [-0.2, 0) is 9.53 Å². The van der Waals surface area contributed by atoms with E-state index in [1.165, 1.54) is 19.3 Å². The summed E-state index contributed by atoms with van der Waals surface area (Å²) in [4.78, 5) is 11.6. The van der Waals surface area contributed by atoms with E-state index in [4.69, 9.17) is 4.74 Å². The number of amides is 1. The second-order valence-corrected chi connectivity index (χ2v) is 5.55. The summed E-state index contributed by atoms with van der Waals surface area (Å²) in [6.45, 7) is 6.15. The van der Waals surface area contributed by atoms with Gasteiger partial charge in [-0.2, -0.15) is 0 Å². The molecule has 2 saturated carbocycles. The molecule has 0 aromatic rings. The molecule has 2 aliphatic rings. The molecule has 0 radical (unpaired) electrons. The molecule has 0 heterocycles. The molecule has 2 unspecified atom stereocenters. The second kappa shape index (κ2) is 6.02. The van der Waals surface area contributed by atoms with Crippen molar-refractivity contribution in [2.75, 3.05) is 19.7 Å². The fourth-order valence-electron chi connectivity index (χ4n) is 3.27. The van der Waals surface area contributed by atoms with Crippen LogP contribution in [0.15, 0.2) is 0 Å². The van der Waals surface area contributed by atoms with Crippen LogP contribution in [0.25, 0.3) is 0 Å². The van der Waals surface area contributed by atoms with Gasteiger partial charge in [-0.05, 0) is 32.6 Å². The van der Waals surface area contributed by atoms with Gasteiger partial charge in [0.25, 0.3) is 0 Å². The zero-order chi connectivity index (χ0) is 13.0. The lowest BCUT2D eigenvalue weighted by Gasteiger charge is -2.61. The standard InChI is InChI=1S/C14H26N2O2/c1-3-8-15-13(17)10-16-11-9-12(18-4-2)14(11)6-5-7-14/h11-12,16H,3-10H2,1-2H3,(H,15,17). The molecule has 1 spiro atoms. The molecule has 2 fully saturated rings. The topological polar surface area (TPSA) is 50.4 Å². The number of carbonyl (C=O) groups excluding carboxylic acids is 1. The van der Waals surface area contributed by atoms with Gasteiger partial charge in [-0.3, -0.25) is 4.79 Å². The largest absolute Gasteiger partial charge is 0.378 e. The van der Waals surface area contributed by atoms with E-state index in [0.717, 1.165) is 26.0 Å². The number of nitrogens with one attached hydrogen (secondary N) is 2. The fourth-order valence-corrected chi connectivity index (χ4v) is 3.27. The van der Waals surface area contributed by atoms with Crippen LogP contribution in [0.2, 0.25) is 0 Å². The lowest BCUT2D eigenvalue weighted by Crippen LogP contribution is -2.67. The third kappa shape index (κ3) is 2.54. The van der Waals surface area contributed by atoms with Crippen LogP contribution in [0, 0.1) is 5.41 Å². The molecule has 1 amide bonds. The Kier molecular flexibility index (Phi) is 4.62. The summed E-state index contributed by atoms with van der Waals surface area (Å²) in [5.74, 6) is 0.117. The molecule has 2 atom stereocenters. The number of hydrogen-bond donors (Lipinski definition) is 2. The van der Waals surface area contributed by atoms with Crippen LogP contribution in [-0.4, -0.2) is 37.7 Å². The molecule has 18 heavy (non-hydrogen) atoms. The van der Waals surface area contributed by atoms with Crippen molar-refractivity contribution in [1.29, 1.82) is 0 Å². The van der Waals surface area contributed by atoms with Crippen LogP contribution in [0.3, 0.4) is 0 Å². The highest BCUT2D eigenvalue weighted by atomic mass is 16.5. The normalized spacial score (nSPS) is 28.6. The van der Waals surface area contributed by atoms with E-state index in [1.54, 1.807) is 0 Å². The van der Waals surface area contributed by atoms with Crippen LogP contribution >= 0.6 is 0 Å². The van der Waals surface area contributed by atoms with E-state index in [0.29, 0.717) is 24.1 Å². The molecule has 0 aromatic heterocycles. The number of hydrogen-bond acceptors (Lipinski definition) is 3.